The van der Waals surface area contributed by atoms with Crippen LogP contribution in [-0.4, -0.2) is 26.1 Å². The van der Waals surface area contributed by atoms with Crippen LogP contribution in [-0.2, 0) is 6.42 Å². The zero-order valence-corrected chi connectivity index (χ0v) is 12.2. The van der Waals surface area contributed by atoms with Crippen molar-refractivity contribution in [2.24, 2.45) is 0 Å². The van der Waals surface area contributed by atoms with Crippen LogP contribution in [0, 0.1) is 6.92 Å². The van der Waals surface area contributed by atoms with Gasteiger partial charge in [0.1, 0.15) is 11.5 Å². The molecule has 0 saturated heterocycles. The predicted octanol–water partition coefficient (Wildman–Crippen LogP) is 2.27. The predicted molar refractivity (Wildman–Crippen MR) is 76.4 cm³/mol. The SMILES string of the molecule is CCCc1cc(C(=O)N[C@H](CC)c2ncc(C)[nH]2)n[nH]1. The van der Waals surface area contributed by atoms with Gasteiger partial charge in [0.05, 0.1) is 6.04 Å². The maximum absolute atomic E-state index is 12.2. The van der Waals surface area contributed by atoms with Crippen molar-refractivity contribution in [2.75, 3.05) is 0 Å². The Morgan fingerprint density at radius 3 is 2.85 bits per heavy atom. The fourth-order valence-corrected chi connectivity index (χ4v) is 2.08. The highest BCUT2D eigenvalue weighted by molar-refractivity contribution is 5.92. The van der Waals surface area contributed by atoms with Gasteiger partial charge in [-0.15, -0.1) is 0 Å². The number of aromatic amines is 2. The molecule has 1 amide bonds. The summed E-state index contributed by atoms with van der Waals surface area (Å²) in [5.74, 6) is 0.604. The maximum atomic E-state index is 12.2. The molecule has 20 heavy (non-hydrogen) atoms. The van der Waals surface area contributed by atoms with Crippen molar-refractivity contribution in [2.45, 2.75) is 46.1 Å². The lowest BCUT2D eigenvalue weighted by Crippen LogP contribution is -2.29. The molecule has 3 N–H and O–H groups in total. The van der Waals surface area contributed by atoms with Crippen LogP contribution in [0.4, 0.5) is 0 Å². The smallest absolute Gasteiger partial charge is 0.272 e. The summed E-state index contributed by atoms with van der Waals surface area (Å²) >= 11 is 0. The third-order valence-electron chi connectivity index (χ3n) is 3.15. The van der Waals surface area contributed by atoms with Crippen molar-refractivity contribution in [3.05, 3.63) is 35.2 Å². The highest BCUT2D eigenvalue weighted by Gasteiger charge is 2.18. The molecule has 2 aromatic rings. The van der Waals surface area contributed by atoms with Gasteiger partial charge in [-0.25, -0.2) is 4.98 Å². The second-order valence-electron chi connectivity index (χ2n) is 4.91. The summed E-state index contributed by atoms with van der Waals surface area (Å²) < 4.78 is 0. The standard InChI is InChI=1S/C14H21N5O/c1-4-6-10-7-12(19-18-10)14(20)17-11(5-2)13-15-8-9(3)16-13/h7-8,11H,4-6H2,1-3H3,(H,15,16)(H,17,20)(H,18,19)/t11-/m1/s1. The first kappa shape index (κ1) is 14.3. The van der Waals surface area contributed by atoms with Crippen molar-refractivity contribution in [1.29, 1.82) is 0 Å². The minimum absolute atomic E-state index is 0.123. The van der Waals surface area contributed by atoms with Crippen molar-refractivity contribution in [3.63, 3.8) is 0 Å². The van der Waals surface area contributed by atoms with Crippen LogP contribution in [0.2, 0.25) is 0 Å². The Bertz CT molecular complexity index is 572. The lowest BCUT2D eigenvalue weighted by Gasteiger charge is -2.13. The molecule has 2 rings (SSSR count). The summed E-state index contributed by atoms with van der Waals surface area (Å²) in [5.41, 5.74) is 2.40. The molecule has 0 radical (unpaired) electrons. The van der Waals surface area contributed by atoms with Crippen LogP contribution in [0.1, 0.15) is 60.4 Å². The van der Waals surface area contributed by atoms with E-state index in [1.807, 2.05) is 13.8 Å². The van der Waals surface area contributed by atoms with E-state index < -0.39 is 0 Å². The zero-order chi connectivity index (χ0) is 14.5. The number of hydrogen-bond acceptors (Lipinski definition) is 3. The monoisotopic (exact) mass is 275 g/mol. The molecule has 108 valence electrons. The van der Waals surface area contributed by atoms with Crippen LogP contribution in [0.15, 0.2) is 12.3 Å². The van der Waals surface area contributed by atoms with Crippen LogP contribution in [0.5, 0.6) is 0 Å². The summed E-state index contributed by atoms with van der Waals surface area (Å²) in [7, 11) is 0. The van der Waals surface area contributed by atoms with Crippen LogP contribution in [0.25, 0.3) is 0 Å². The summed E-state index contributed by atoms with van der Waals surface area (Å²) in [4.78, 5) is 19.6. The Morgan fingerprint density at radius 2 is 2.25 bits per heavy atom. The molecule has 0 aromatic carbocycles. The minimum Gasteiger partial charge on any atom is -0.344 e. The van der Waals surface area contributed by atoms with Crippen molar-refractivity contribution in [1.82, 2.24) is 25.5 Å². The van der Waals surface area contributed by atoms with Crippen molar-refractivity contribution < 1.29 is 4.79 Å². The number of nitrogens with one attached hydrogen (secondary N) is 3. The first-order valence-corrected chi connectivity index (χ1v) is 7.00. The van der Waals surface area contributed by atoms with E-state index >= 15 is 0 Å². The van der Waals surface area contributed by atoms with Crippen molar-refractivity contribution in [3.8, 4) is 0 Å². The van der Waals surface area contributed by atoms with E-state index in [-0.39, 0.29) is 11.9 Å². The fraction of sp³-hybridized carbons (Fsp3) is 0.500. The fourth-order valence-electron chi connectivity index (χ4n) is 2.08. The normalized spacial score (nSPS) is 12.3. The van der Waals surface area contributed by atoms with E-state index in [1.54, 1.807) is 12.3 Å². The Kier molecular flexibility index (Phi) is 4.55. The lowest BCUT2D eigenvalue weighted by molar-refractivity contribution is 0.0928. The summed E-state index contributed by atoms with van der Waals surface area (Å²) in [5, 5.41) is 9.89. The van der Waals surface area contributed by atoms with Gasteiger partial charge in [-0.05, 0) is 25.8 Å². The molecular weight excluding hydrogens is 254 g/mol. The number of rotatable bonds is 6. The van der Waals surface area contributed by atoms with E-state index in [2.05, 4.69) is 32.4 Å². The second-order valence-corrected chi connectivity index (χ2v) is 4.91. The number of aryl methyl sites for hydroxylation is 2. The second kappa shape index (κ2) is 6.36. The third-order valence-corrected chi connectivity index (χ3v) is 3.15. The van der Waals surface area contributed by atoms with Crippen LogP contribution >= 0.6 is 0 Å². The van der Waals surface area contributed by atoms with E-state index in [0.29, 0.717) is 5.69 Å². The van der Waals surface area contributed by atoms with Gasteiger partial charge in [0.25, 0.3) is 5.91 Å². The molecule has 6 heteroatoms. The summed E-state index contributed by atoms with van der Waals surface area (Å²) in [6.45, 7) is 6.04. The average Bonchev–Trinajstić information content (AvgIpc) is 3.05. The molecule has 0 bridgehead atoms. The molecule has 0 aliphatic heterocycles. The number of imidazole rings is 1. The number of H-pyrrole nitrogens is 2. The molecule has 2 heterocycles. The molecule has 2 aromatic heterocycles. The first-order chi connectivity index (χ1) is 9.63. The van der Waals surface area contributed by atoms with Gasteiger partial charge < -0.3 is 10.3 Å². The number of nitrogens with zero attached hydrogens (tertiary/aromatic N) is 2. The molecule has 0 fully saturated rings. The van der Waals surface area contributed by atoms with E-state index in [4.69, 9.17) is 0 Å². The Labute approximate surface area is 118 Å². The van der Waals surface area contributed by atoms with E-state index in [9.17, 15) is 4.79 Å². The van der Waals surface area contributed by atoms with Gasteiger partial charge in [0.15, 0.2) is 0 Å². The van der Waals surface area contributed by atoms with Gasteiger partial charge in [-0.3, -0.25) is 9.89 Å². The molecule has 0 aliphatic rings. The Balaban J connectivity index is 2.04. The van der Waals surface area contributed by atoms with Gasteiger partial charge >= 0.3 is 0 Å². The van der Waals surface area contributed by atoms with Crippen LogP contribution < -0.4 is 5.32 Å². The molecule has 6 nitrogen and oxygen atoms in total. The van der Waals surface area contributed by atoms with Crippen molar-refractivity contribution >= 4 is 5.91 Å². The van der Waals surface area contributed by atoms with Gasteiger partial charge in [0.2, 0.25) is 0 Å². The van der Waals surface area contributed by atoms with E-state index in [0.717, 1.165) is 36.5 Å². The number of carbonyl (C=O) groups excluding carboxylic acids is 1. The number of hydrogen-bond donors (Lipinski definition) is 3. The average molecular weight is 275 g/mol. The maximum Gasteiger partial charge on any atom is 0.272 e. The lowest BCUT2D eigenvalue weighted by atomic mass is 10.2. The van der Waals surface area contributed by atoms with Gasteiger partial charge in [-0.2, -0.15) is 5.10 Å². The molecule has 0 spiro atoms. The Morgan fingerprint density at radius 1 is 1.45 bits per heavy atom. The molecule has 0 unspecified atom stereocenters. The number of aromatic nitrogens is 4. The molecule has 0 aliphatic carbocycles. The minimum atomic E-state index is -0.176. The van der Waals surface area contributed by atoms with E-state index in [1.165, 1.54) is 0 Å². The largest absolute Gasteiger partial charge is 0.344 e. The molecular formula is C14H21N5O. The first-order valence-electron chi connectivity index (χ1n) is 7.00. The summed E-state index contributed by atoms with van der Waals surface area (Å²) in [6.07, 6.45) is 4.45. The highest BCUT2D eigenvalue weighted by Crippen LogP contribution is 2.14. The summed E-state index contributed by atoms with van der Waals surface area (Å²) in [6, 6.07) is 1.68. The quantitative estimate of drug-likeness (QED) is 0.756. The molecule has 1 atom stereocenters. The van der Waals surface area contributed by atoms with Gasteiger partial charge in [-0.1, -0.05) is 20.3 Å². The highest BCUT2D eigenvalue weighted by atomic mass is 16.2. The Hall–Kier alpha value is -2.11. The number of amides is 1. The number of carbonyl (C=O) groups is 1. The zero-order valence-electron chi connectivity index (χ0n) is 12.2. The molecule has 0 saturated carbocycles. The third kappa shape index (κ3) is 3.26. The van der Waals surface area contributed by atoms with Gasteiger partial charge in [0, 0.05) is 17.6 Å². The van der Waals surface area contributed by atoms with Crippen LogP contribution in [0.3, 0.4) is 0 Å². The topological polar surface area (TPSA) is 86.5 Å².